The SMILES string of the molecule is CC(C)CCN.CC(C)CCNC(=O)[C@@H](CC(=O)OC(C)(C)C)CC(C)C.CC(C)CCNC(=O)[C@@H]([NH3+])CC(C)C.CC(C)CCNC(=O)[C@@H]([NH3+])CC(C)C.CC(C)C[C@H](CC(=O)OC(C)(C)C)C(=O)O.CCOC(=O)[C@H]1O[C@@H]1C(=O)C[C@@H](CC(C)C)C(=O)NCCC(C)C.CCOC(=O)[C@H]1O[C@@H]1C(=O)O.Cc1ccc(S(=O)(=O)[O-])cc1.Cc1ccc(S(=O)(=O)[O-])cc1. The Kier molecular flexibility index (Phi) is 68.9. The van der Waals surface area contributed by atoms with Crippen LogP contribution in [0.1, 0.15) is 288 Å². The van der Waals surface area contributed by atoms with Crippen LogP contribution in [-0.2, 0) is 101 Å². The average Bonchev–Trinajstić information content (AvgIpc) is 1.65. The third-order valence-electron chi connectivity index (χ3n) is 17.8. The fraction of sp³-hybridized carbons (Fsp3) is 0.755. The molecule has 0 saturated carbocycles. The number of Topliss-reactive ketones (excluding diaryl/α,β-unsaturated/α-hetero) is 1. The maximum absolute atomic E-state index is 12.4. The summed E-state index contributed by atoms with van der Waals surface area (Å²) in [5.74, 6) is -0.218. The molecule has 4 amide bonds. The van der Waals surface area contributed by atoms with Crippen LogP contribution in [0.3, 0.4) is 0 Å². The molecule has 9 atom stereocenters. The summed E-state index contributed by atoms with van der Waals surface area (Å²) >= 11 is 0. The molecule has 32 nitrogen and oxygen atoms in total. The van der Waals surface area contributed by atoms with E-state index < -0.39 is 91.6 Å². The predicted octanol–water partition coefficient (Wildman–Crippen LogP) is 11.9. The van der Waals surface area contributed by atoms with Gasteiger partial charge < -0.3 is 86.2 Å². The molecule has 4 rings (SSSR count). The molecular formula is C94H171N7O25S2. The van der Waals surface area contributed by atoms with E-state index in [0.717, 1.165) is 81.6 Å². The minimum absolute atomic E-state index is 0.0322. The number of aryl methyl sites for hydroxylation is 2. The molecule has 14 N–H and O–H groups in total. The number of carboxylic acid groups (broad SMARTS) is 2. The maximum atomic E-state index is 12.4. The highest BCUT2D eigenvalue weighted by Gasteiger charge is 2.52. The van der Waals surface area contributed by atoms with Crippen molar-refractivity contribution in [1.29, 1.82) is 0 Å². The molecule has 2 saturated heterocycles. The number of nitrogens with one attached hydrogen (secondary N) is 4. The lowest BCUT2D eigenvalue weighted by atomic mass is 9.90. The number of rotatable bonds is 43. The first-order chi connectivity index (χ1) is 58.7. The smallest absolute Gasteiger partial charge is 0.338 e. The fourth-order valence-electron chi connectivity index (χ4n) is 11.1. The van der Waals surface area contributed by atoms with Crippen molar-refractivity contribution in [2.75, 3.05) is 45.9 Å². The Morgan fingerprint density at radius 2 is 0.672 bits per heavy atom. The van der Waals surface area contributed by atoms with Crippen LogP contribution < -0.4 is 38.5 Å². The highest BCUT2D eigenvalue weighted by molar-refractivity contribution is 7.86. The minimum atomic E-state index is -4.27. The van der Waals surface area contributed by atoms with Crippen molar-refractivity contribution in [3.05, 3.63) is 59.7 Å². The first-order valence-electron chi connectivity index (χ1n) is 45.3. The number of hydrogen-bond donors (Lipinski definition) is 9. The Morgan fingerprint density at radius 1 is 0.406 bits per heavy atom. The topological polar surface area (TPSA) is 534 Å². The molecular weight excluding hydrogens is 1690 g/mol. The van der Waals surface area contributed by atoms with E-state index in [4.69, 9.17) is 34.9 Å². The molecule has 0 aliphatic carbocycles. The van der Waals surface area contributed by atoms with Crippen LogP contribution in [0, 0.1) is 90.8 Å². The number of benzene rings is 2. The lowest BCUT2D eigenvalue weighted by Gasteiger charge is -2.23. The second kappa shape index (κ2) is 68.5. The molecule has 2 aliphatic rings. The minimum Gasteiger partial charge on any atom is -0.744 e. The normalized spacial score (nSPS) is 15.5. The number of carbonyl (C=O) groups is 11. The number of quaternary nitrogens is 2. The Hall–Kier alpha value is -7.57. The van der Waals surface area contributed by atoms with Gasteiger partial charge >= 0.3 is 35.8 Å². The number of hydrogen-bond acceptors (Lipinski definition) is 24. The Morgan fingerprint density at radius 3 is 0.906 bits per heavy atom. The predicted molar refractivity (Wildman–Crippen MR) is 494 cm³/mol. The number of carboxylic acids is 2. The molecule has 0 bridgehead atoms. The zero-order valence-electron chi connectivity index (χ0n) is 83.3. The van der Waals surface area contributed by atoms with Gasteiger partial charge in [0.1, 0.15) is 31.4 Å². The van der Waals surface area contributed by atoms with Gasteiger partial charge in [-0.3, -0.25) is 38.4 Å². The first kappa shape index (κ1) is 129. The summed E-state index contributed by atoms with van der Waals surface area (Å²) in [5.41, 5.74) is 13.7. The van der Waals surface area contributed by atoms with Crippen molar-refractivity contribution in [2.24, 2.45) is 82.7 Å². The van der Waals surface area contributed by atoms with Crippen LogP contribution in [-0.4, -0.2) is 195 Å². The van der Waals surface area contributed by atoms with E-state index in [1.807, 2.05) is 62.3 Å². The summed E-state index contributed by atoms with van der Waals surface area (Å²) in [6.07, 6.45) is 5.46. The van der Waals surface area contributed by atoms with Crippen LogP contribution in [0.5, 0.6) is 0 Å². The van der Waals surface area contributed by atoms with Crippen molar-refractivity contribution < 1.29 is 129 Å². The van der Waals surface area contributed by atoms with Gasteiger partial charge in [0, 0.05) is 57.3 Å². The van der Waals surface area contributed by atoms with Gasteiger partial charge in [0.2, 0.25) is 11.8 Å². The third kappa shape index (κ3) is 75.1. The molecule has 744 valence electrons. The molecule has 2 aromatic rings. The summed E-state index contributed by atoms with van der Waals surface area (Å²) in [6, 6.07) is 11.4. The van der Waals surface area contributed by atoms with Gasteiger partial charge in [-0.1, -0.05) is 174 Å². The number of ether oxygens (including phenoxy) is 6. The number of esters is 4. The van der Waals surface area contributed by atoms with Crippen molar-refractivity contribution in [2.45, 2.75) is 349 Å². The van der Waals surface area contributed by atoms with E-state index >= 15 is 0 Å². The van der Waals surface area contributed by atoms with Crippen molar-refractivity contribution in [3.8, 4) is 0 Å². The molecule has 0 spiro atoms. The van der Waals surface area contributed by atoms with E-state index in [0.29, 0.717) is 79.7 Å². The Labute approximate surface area is 768 Å². The zero-order chi connectivity index (χ0) is 100. The van der Waals surface area contributed by atoms with E-state index in [2.05, 4.69) is 153 Å². The third-order valence-corrected chi connectivity index (χ3v) is 19.5. The lowest BCUT2D eigenvalue weighted by molar-refractivity contribution is -0.407. The van der Waals surface area contributed by atoms with Crippen LogP contribution in [0.15, 0.2) is 58.3 Å². The maximum Gasteiger partial charge on any atom is 0.338 e. The lowest BCUT2D eigenvalue weighted by Crippen LogP contribution is -2.67. The van der Waals surface area contributed by atoms with Crippen LogP contribution >= 0.6 is 0 Å². The van der Waals surface area contributed by atoms with Crippen LogP contribution in [0.25, 0.3) is 0 Å². The van der Waals surface area contributed by atoms with Gasteiger partial charge in [-0.25, -0.2) is 31.2 Å². The fourth-order valence-corrected chi connectivity index (χ4v) is 12.1. The molecule has 34 heteroatoms. The number of aliphatic carboxylic acids is 2. The molecule has 128 heavy (non-hydrogen) atoms. The van der Waals surface area contributed by atoms with Gasteiger partial charge in [-0.15, -0.1) is 0 Å². The van der Waals surface area contributed by atoms with Crippen molar-refractivity contribution >= 4 is 85.5 Å². The molecule has 0 unspecified atom stereocenters. The number of amides is 4. The van der Waals surface area contributed by atoms with E-state index in [1.165, 1.54) is 24.3 Å². The standard InChI is InChI=1S/C18H31NO5.C17H33NO3.C12H22O4.2C11H24N2O.2C7H8O3S.C6H8O5.C5H13N/c1-6-23-18(22)16-15(24-16)14(20)10-13(9-12(4)5)17(21)19-8-7-11(2)3;1-12(2)8-9-18-16(20)14(10-13(3)4)11-15(19)21-17(5,6)7;1-8(2)6-9(11(14)15)7-10(13)16-12(3,4)5;2*1-8(2)5-6-13-11(14)10(12)7-9(3)4;2*1-6-2-4-7(5-3-6)11(8,9)10;1-2-10-6(9)4-3(11-4)5(7)8;1-5(2)3-4-6/h11-13,15-16H,6-10H2,1-5H3,(H,19,21);12-14H,8-11H2,1-7H3,(H,18,20);8-9H,6-7H2,1-5H3,(H,14,15);2*8-10H,5-7,12H2,1-4H3,(H,13,14);2*2-5H,1H3,(H,8,9,10);3-4H,2H2,1H3,(H,7,8);5H,3-4,6H2,1-2H3/t13-,15-,16+;14-;9-;2*10-;;;3-,4-;/m11100..0./s1. The second-order valence-electron chi connectivity index (χ2n) is 38.4. The van der Waals surface area contributed by atoms with Gasteiger partial charge in [-0.2, -0.15) is 0 Å². The molecule has 2 fully saturated rings. The Bertz CT molecular complexity index is 3600. The monoisotopic (exact) mass is 1860 g/mol. The van der Waals surface area contributed by atoms with Gasteiger partial charge in [0.25, 0.3) is 11.8 Å². The largest absolute Gasteiger partial charge is 0.744 e. The summed E-state index contributed by atoms with van der Waals surface area (Å²) in [5, 5.41) is 29.0. The zero-order valence-corrected chi connectivity index (χ0v) is 85.0. The molecule has 2 heterocycles. The van der Waals surface area contributed by atoms with Gasteiger partial charge in [0.15, 0.2) is 42.3 Å². The summed E-state index contributed by atoms with van der Waals surface area (Å²) < 4.78 is 91.8. The van der Waals surface area contributed by atoms with Gasteiger partial charge in [-0.05, 0) is 211 Å². The summed E-state index contributed by atoms with van der Waals surface area (Å²) in [7, 11) is -8.54. The van der Waals surface area contributed by atoms with Crippen LogP contribution in [0.4, 0.5) is 0 Å². The quantitative estimate of drug-likeness (QED) is 0.0129. The number of nitrogens with two attached hydrogens (primary N) is 1. The van der Waals surface area contributed by atoms with Crippen LogP contribution in [0.2, 0.25) is 0 Å². The van der Waals surface area contributed by atoms with Crippen molar-refractivity contribution in [1.82, 2.24) is 21.3 Å². The number of epoxide rings is 2. The highest BCUT2D eigenvalue weighted by Crippen LogP contribution is 2.29. The van der Waals surface area contributed by atoms with Crippen molar-refractivity contribution in [3.63, 3.8) is 0 Å². The second-order valence-corrected chi connectivity index (χ2v) is 41.2. The summed E-state index contributed by atoms with van der Waals surface area (Å²) in [4.78, 5) is 126. The number of carbonyl (C=O) groups excluding carboxylic acids is 9. The highest BCUT2D eigenvalue weighted by atomic mass is 32.2. The first-order valence-corrected chi connectivity index (χ1v) is 48.1. The molecule has 0 aromatic heterocycles. The Balaban J connectivity index is -0.000000452. The van der Waals surface area contributed by atoms with E-state index in [-0.39, 0.29) is 107 Å². The van der Waals surface area contributed by atoms with E-state index in [9.17, 15) is 78.7 Å². The average molecular weight is 1860 g/mol. The van der Waals surface area contributed by atoms with Gasteiger partial charge in [0.05, 0.1) is 41.8 Å². The summed E-state index contributed by atoms with van der Waals surface area (Å²) in [6.45, 7) is 63.9. The number of ketones is 1. The molecule has 2 aromatic carbocycles. The molecule has 2 aliphatic heterocycles. The van der Waals surface area contributed by atoms with E-state index in [1.54, 1.807) is 58.9 Å². The molecule has 0 radical (unpaired) electrons.